The molecule has 3 heteroatoms. The highest BCUT2D eigenvalue weighted by Gasteiger charge is 2.26. The minimum absolute atomic E-state index is 0.178. The summed E-state index contributed by atoms with van der Waals surface area (Å²) in [6.45, 7) is 0.917. The number of rotatable bonds is 5. The second kappa shape index (κ2) is 5.99. The number of ether oxygens (including phenoxy) is 2. The van der Waals surface area contributed by atoms with Crippen LogP contribution in [0, 0.1) is 0 Å². The lowest BCUT2D eigenvalue weighted by Gasteiger charge is -2.11. The van der Waals surface area contributed by atoms with Crippen molar-refractivity contribution in [2.75, 3.05) is 13.2 Å². The number of unbranched alkanes of at least 4 members (excludes halogenated alkanes) is 1. The van der Waals surface area contributed by atoms with Crippen molar-refractivity contribution < 1.29 is 14.6 Å². The monoisotopic (exact) mass is 222 g/mol. The Morgan fingerprint density at radius 3 is 2.75 bits per heavy atom. The predicted octanol–water partition coefficient (Wildman–Crippen LogP) is 2.26. The van der Waals surface area contributed by atoms with Gasteiger partial charge in [-0.3, -0.25) is 0 Å². The number of benzene rings is 1. The van der Waals surface area contributed by atoms with E-state index >= 15 is 0 Å². The Morgan fingerprint density at radius 1 is 1.19 bits per heavy atom. The van der Waals surface area contributed by atoms with E-state index in [4.69, 9.17) is 14.6 Å². The van der Waals surface area contributed by atoms with Crippen LogP contribution in [-0.4, -0.2) is 24.4 Å². The fourth-order valence-electron chi connectivity index (χ4n) is 1.87. The van der Waals surface area contributed by atoms with Gasteiger partial charge in [0.15, 0.2) is 6.29 Å². The lowest BCUT2D eigenvalue weighted by atomic mass is 10.2. The summed E-state index contributed by atoms with van der Waals surface area (Å²) >= 11 is 0. The standard InChI is InChI=1S/C13H18O3/c14-9-5-4-8-12-10-15-13(16-12)11-6-2-1-3-7-11/h1-3,6-7,12-14H,4-5,8-10H2/t12-,13-/m0/s1. The molecule has 0 radical (unpaired) electrons. The smallest absolute Gasteiger partial charge is 0.184 e. The molecule has 0 unspecified atom stereocenters. The summed E-state index contributed by atoms with van der Waals surface area (Å²) in [5, 5.41) is 8.70. The lowest BCUT2D eigenvalue weighted by Crippen LogP contribution is -2.09. The van der Waals surface area contributed by atoms with E-state index in [0.717, 1.165) is 24.8 Å². The third kappa shape index (κ3) is 3.04. The Hall–Kier alpha value is -0.900. The predicted molar refractivity (Wildman–Crippen MR) is 60.9 cm³/mol. The highest BCUT2D eigenvalue weighted by molar-refractivity contribution is 5.16. The van der Waals surface area contributed by atoms with Gasteiger partial charge in [-0.05, 0) is 19.3 Å². The minimum Gasteiger partial charge on any atom is -0.396 e. The van der Waals surface area contributed by atoms with E-state index in [-0.39, 0.29) is 19.0 Å². The van der Waals surface area contributed by atoms with Crippen molar-refractivity contribution in [2.45, 2.75) is 31.7 Å². The van der Waals surface area contributed by atoms with Crippen LogP contribution in [0.4, 0.5) is 0 Å². The van der Waals surface area contributed by atoms with E-state index in [2.05, 4.69) is 0 Å². The van der Waals surface area contributed by atoms with E-state index in [9.17, 15) is 0 Å². The molecule has 1 aromatic carbocycles. The van der Waals surface area contributed by atoms with Crippen LogP contribution in [0.5, 0.6) is 0 Å². The fourth-order valence-corrected chi connectivity index (χ4v) is 1.87. The molecule has 1 fully saturated rings. The van der Waals surface area contributed by atoms with Crippen LogP contribution < -0.4 is 0 Å². The van der Waals surface area contributed by atoms with Gasteiger partial charge in [0.2, 0.25) is 0 Å². The van der Waals surface area contributed by atoms with Gasteiger partial charge in [-0.25, -0.2) is 0 Å². The van der Waals surface area contributed by atoms with Crippen molar-refractivity contribution in [2.24, 2.45) is 0 Å². The molecule has 1 aliphatic rings. The Kier molecular flexibility index (Phi) is 4.34. The van der Waals surface area contributed by atoms with Crippen LogP contribution in [0.25, 0.3) is 0 Å². The Bertz CT molecular complexity index is 299. The first-order valence-corrected chi connectivity index (χ1v) is 5.83. The Balaban J connectivity index is 1.79. The second-order valence-electron chi connectivity index (χ2n) is 4.05. The molecule has 0 spiro atoms. The molecule has 1 N–H and O–H groups in total. The molecule has 0 saturated carbocycles. The SMILES string of the molecule is OCCCC[C@H]1CO[C@H](c2ccccc2)O1. The normalized spacial score (nSPS) is 24.8. The summed E-state index contributed by atoms with van der Waals surface area (Å²) in [7, 11) is 0. The molecule has 1 aromatic rings. The number of aliphatic hydroxyl groups excluding tert-OH is 1. The highest BCUT2D eigenvalue weighted by Crippen LogP contribution is 2.28. The number of hydrogen-bond donors (Lipinski definition) is 1. The average Bonchev–Trinajstić information content (AvgIpc) is 2.79. The first-order valence-electron chi connectivity index (χ1n) is 5.83. The molecule has 3 nitrogen and oxygen atoms in total. The Labute approximate surface area is 96.0 Å². The molecule has 0 amide bonds. The first-order chi connectivity index (χ1) is 7.90. The van der Waals surface area contributed by atoms with Crippen LogP contribution >= 0.6 is 0 Å². The zero-order chi connectivity index (χ0) is 11.2. The van der Waals surface area contributed by atoms with Crippen molar-refractivity contribution >= 4 is 0 Å². The maximum Gasteiger partial charge on any atom is 0.184 e. The average molecular weight is 222 g/mol. The van der Waals surface area contributed by atoms with E-state index in [1.165, 1.54) is 0 Å². The third-order valence-electron chi connectivity index (χ3n) is 2.76. The molecule has 1 aliphatic heterocycles. The second-order valence-corrected chi connectivity index (χ2v) is 4.05. The van der Waals surface area contributed by atoms with Gasteiger partial charge in [-0.2, -0.15) is 0 Å². The maximum atomic E-state index is 8.70. The molecular formula is C13H18O3. The van der Waals surface area contributed by atoms with Crippen LogP contribution in [0.1, 0.15) is 31.1 Å². The third-order valence-corrected chi connectivity index (χ3v) is 2.76. The van der Waals surface area contributed by atoms with E-state index in [0.29, 0.717) is 6.61 Å². The Morgan fingerprint density at radius 2 is 2.00 bits per heavy atom. The molecule has 0 bridgehead atoms. The first kappa shape index (κ1) is 11.6. The zero-order valence-electron chi connectivity index (χ0n) is 9.34. The van der Waals surface area contributed by atoms with Crippen LogP contribution in [0.15, 0.2) is 30.3 Å². The molecule has 0 aromatic heterocycles. The van der Waals surface area contributed by atoms with Crippen molar-refractivity contribution in [3.05, 3.63) is 35.9 Å². The van der Waals surface area contributed by atoms with E-state index in [1.807, 2.05) is 30.3 Å². The largest absolute Gasteiger partial charge is 0.396 e. The lowest BCUT2D eigenvalue weighted by molar-refractivity contribution is -0.0614. The molecule has 2 atom stereocenters. The van der Waals surface area contributed by atoms with Crippen LogP contribution in [0.2, 0.25) is 0 Å². The summed E-state index contributed by atoms with van der Waals surface area (Å²) < 4.78 is 11.4. The van der Waals surface area contributed by atoms with Gasteiger partial charge in [-0.15, -0.1) is 0 Å². The summed E-state index contributed by atoms with van der Waals surface area (Å²) in [6, 6.07) is 9.99. The van der Waals surface area contributed by atoms with Gasteiger partial charge in [0.05, 0.1) is 12.7 Å². The molecule has 16 heavy (non-hydrogen) atoms. The van der Waals surface area contributed by atoms with Gasteiger partial charge >= 0.3 is 0 Å². The van der Waals surface area contributed by atoms with Crippen molar-refractivity contribution in [3.63, 3.8) is 0 Å². The molecule has 2 rings (SSSR count). The van der Waals surface area contributed by atoms with Gasteiger partial charge in [-0.1, -0.05) is 30.3 Å². The maximum absolute atomic E-state index is 8.70. The molecule has 1 saturated heterocycles. The summed E-state index contributed by atoms with van der Waals surface area (Å²) in [6.07, 6.45) is 2.77. The molecule has 88 valence electrons. The molecule has 1 heterocycles. The summed E-state index contributed by atoms with van der Waals surface area (Å²) in [5.74, 6) is 0. The van der Waals surface area contributed by atoms with E-state index < -0.39 is 0 Å². The molecule has 0 aliphatic carbocycles. The quantitative estimate of drug-likeness (QED) is 0.777. The highest BCUT2D eigenvalue weighted by atomic mass is 16.7. The fraction of sp³-hybridized carbons (Fsp3) is 0.538. The van der Waals surface area contributed by atoms with Gasteiger partial charge in [0, 0.05) is 12.2 Å². The van der Waals surface area contributed by atoms with Crippen LogP contribution in [0.3, 0.4) is 0 Å². The van der Waals surface area contributed by atoms with Gasteiger partial charge in [0.25, 0.3) is 0 Å². The minimum atomic E-state index is -0.208. The van der Waals surface area contributed by atoms with Crippen LogP contribution in [-0.2, 0) is 9.47 Å². The van der Waals surface area contributed by atoms with Crippen molar-refractivity contribution in [1.82, 2.24) is 0 Å². The summed E-state index contributed by atoms with van der Waals surface area (Å²) in [5.41, 5.74) is 1.08. The van der Waals surface area contributed by atoms with Crippen molar-refractivity contribution in [1.29, 1.82) is 0 Å². The number of hydrogen-bond acceptors (Lipinski definition) is 3. The van der Waals surface area contributed by atoms with Gasteiger partial charge < -0.3 is 14.6 Å². The molecular weight excluding hydrogens is 204 g/mol. The topological polar surface area (TPSA) is 38.7 Å². The van der Waals surface area contributed by atoms with E-state index in [1.54, 1.807) is 0 Å². The van der Waals surface area contributed by atoms with Gasteiger partial charge in [0.1, 0.15) is 0 Å². The number of aliphatic hydroxyl groups is 1. The zero-order valence-corrected chi connectivity index (χ0v) is 9.34. The summed E-state index contributed by atoms with van der Waals surface area (Å²) in [4.78, 5) is 0. The van der Waals surface area contributed by atoms with Crippen molar-refractivity contribution in [3.8, 4) is 0 Å².